The number of urea groups is 1. The van der Waals surface area contributed by atoms with Crippen molar-refractivity contribution in [2.24, 2.45) is 0 Å². The van der Waals surface area contributed by atoms with Crippen LogP contribution in [0.5, 0.6) is 5.75 Å². The number of imide groups is 1. The minimum atomic E-state index is -1.05. The number of halogens is 1. The molecule has 0 unspecified atom stereocenters. The summed E-state index contributed by atoms with van der Waals surface area (Å²) in [6, 6.07) is 13.9. The maximum absolute atomic E-state index is 13.0. The van der Waals surface area contributed by atoms with Crippen molar-refractivity contribution in [1.82, 2.24) is 15.5 Å². The number of fused-ring (bicyclic) bond motifs is 2. The highest BCUT2D eigenvalue weighted by Gasteiger charge is 2.55. The smallest absolute Gasteiger partial charge is 0.325 e. The Bertz CT molecular complexity index is 963. The van der Waals surface area contributed by atoms with Crippen LogP contribution in [0.4, 0.5) is 4.79 Å². The zero-order chi connectivity index (χ0) is 20.4. The van der Waals surface area contributed by atoms with E-state index < -0.39 is 17.5 Å². The molecule has 0 bridgehead atoms. The second kappa shape index (κ2) is 7.75. The van der Waals surface area contributed by atoms with Gasteiger partial charge in [-0.25, -0.2) is 4.79 Å². The number of amides is 4. The van der Waals surface area contributed by atoms with Crippen molar-refractivity contribution >= 4 is 29.4 Å². The standard InChI is InChI=1S/C21H20ClN3O4/c22-15-5-7-16(8-6-15)29-12-11-23-18(26)13-25-19(27)21(24-20(25)28)10-9-14-3-1-2-4-17(14)21/h1-8H,9-13H2,(H,23,26)(H,24,28)/t21-/m1/s1. The van der Waals surface area contributed by atoms with E-state index in [0.29, 0.717) is 23.6 Å². The first-order chi connectivity index (χ1) is 14.0. The molecular formula is C21H20ClN3O4. The molecule has 1 heterocycles. The Hall–Kier alpha value is -3.06. The average molecular weight is 414 g/mol. The lowest BCUT2D eigenvalue weighted by molar-refractivity contribution is -0.135. The molecule has 150 valence electrons. The first kappa shape index (κ1) is 19.3. The minimum absolute atomic E-state index is 0.249. The van der Waals surface area contributed by atoms with E-state index in [4.69, 9.17) is 16.3 Å². The van der Waals surface area contributed by atoms with Crippen LogP contribution in [-0.4, -0.2) is 42.4 Å². The largest absolute Gasteiger partial charge is 0.492 e. The van der Waals surface area contributed by atoms with Gasteiger partial charge in [-0.3, -0.25) is 14.5 Å². The third kappa shape index (κ3) is 3.65. The SMILES string of the molecule is O=C(CN1C(=O)N[C@@]2(CCc3ccccc32)C1=O)NCCOc1ccc(Cl)cc1. The van der Waals surface area contributed by atoms with E-state index in [2.05, 4.69) is 10.6 Å². The number of benzene rings is 2. The Morgan fingerprint density at radius 1 is 1.17 bits per heavy atom. The molecule has 2 aliphatic rings. The molecule has 1 spiro atoms. The van der Waals surface area contributed by atoms with Crippen LogP contribution < -0.4 is 15.4 Å². The highest BCUT2D eigenvalue weighted by molar-refractivity contribution is 6.30. The molecule has 0 saturated carbocycles. The summed E-state index contributed by atoms with van der Waals surface area (Å²) in [6.07, 6.45) is 1.22. The molecule has 1 aliphatic heterocycles. The highest BCUT2D eigenvalue weighted by Crippen LogP contribution is 2.41. The molecule has 2 N–H and O–H groups in total. The number of rotatable bonds is 6. The quantitative estimate of drug-likeness (QED) is 0.561. The van der Waals surface area contributed by atoms with Gasteiger partial charge in [0.05, 0.1) is 6.54 Å². The van der Waals surface area contributed by atoms with E-state index in [9.17, 15) is 14.4 Å². The van der Waals surface area contributed by atoms with Gasteiger partial charge >= 0.3 is 6.03 Å². The predicted molar refractivity (Wildman–Crippen MR) is 107 cm³/mol. The van der Waals surface area contributed by atoms with Gasteiger partial charge in [0.1, 0.15) is 24.4 Å². The third-order valence-electron chi connectivity index (χ3n) is 5.23. The van der Waals surface area contributed by atoms with Gasteiger partial charge in [0.2, 0.25) is 5.91 Å². The summed E-state index contributed by atoms with van der Waals surface area (Å²) in [4.78, 5) is 38.6. The zero-order valence-corrected chi connectivity index (χ0v) is 16.4. The fourth-order valence-electron chi connectivity index (χ4n) is 3.82. The van der Waals surface area contributed by atoms with Crippen LogP contribution in [0.15, 0.2) is 48.5 Å². The summed E-state index contributed by atoms with van der Waals surface area (Å²) in [7, 11) is 0. The summed E-state index contributed by atoms with van der Waals surface area (Å²) in [6.45, 7) is 0.180. The van der Waals surface area contributed by atoms with Gasteiger partial charge < -0.3 is 15.4 Å². The number of nitrogens with zero attached hydrogens (tertiary/aromatic N) is 1. The maximum Gasteiger partial charge on any atom is 0.325 e. The van der Waals surface area contributed by atoms with Crippen molar-refractivity contribution in [2.75, 3.05) is 19.7 Å². The summed E-state index contributed by atoms with van der Waals surface area (Å²) in [5, 5.41) is 6.09. The fourth-order valence-corrected chi connectivity index (χ4v) is 3.95. The Kier molecular flexibility index (Phi) is 5.15. The maximum atomic E-state index is 13.0. The second-order valence-electron chi connectivity index (χ2n) is 7.04. The summed E-state index contributed by atoms with van der Waals surface area (Å²) in [5.41, 5.74) is 0.815. The lowest BCUT2D eigenvalue weighted by Crippen LogP contribution is -2.44. The molecular weight excluding hydrogens is 394 g/mol. The molecule has 4 rings (SSSR count). The molecule has 2 aromatic rings. The molecule has 8 heteroatoms. The van der Waals surface area contributed by atoms with Gasteiger partial charge in [0, 0.05) is 5.02 Å². The van der Waals surface area contributed by atoms with Crippen LogP contribution in [0.3, 0.4) is 0 Å². The van der Waals surface area contributed by atoms with Crippen LogP contribution >= 0.6 is 11.6 Å². The Labute approximate surface area is 173 Å². The van der Waals surface area contributed by atoms with Gasteiger partial charge in [-0.15, -0.1) is 0 Å². The Morgan fingerprint density at radius 2 is 1.93 bits per heavy atom. The van der Waals surface area contributed by atoms with Crippen molar-refractivity contribution < 1.29 is 19.1 Å². The van der Waals surface area contributed by atoms with E-state index in [1.807, 2.05) is 24.3 Å². The van der Waals surface area contributed by atoms with Gasteiger partial charge in [-0.05, 0) is 48.2 Å². The van der Waals surface area contributed by atoms with Crippen LogP contribution in [0.1, 0.15) is 17.5 Å². The third-order valence-corrected chi connectivity index (χ3v) is 5.48. The Morgan fingerprint density at radius 3 is 2.72 bits per heavy atom. The predicted octanol–water partition coefficient (Wildman–Crippen LogP) is 2.23. The molecule has 1 aliphatic carbocycles. The molecule has 1 atom stereocenters. The van der Waals surface area contributed by atoms with Crippen LogP contribution in [-0.2, 0) is 21.5 Å². The highest BCUT2D eigenvalue weighted by atomic mass is 35.5. The van der Waals surface area contributed by atoms with Crippen LogP contribution in [0.2, 0.25) is 5.02 Å². The first-order valence-electron chi connectivity index (χ1n) is 9.37. The van der Waals surface area contributed by atoms with E-state index in [1.165, 1.54) is 0 Å². The molecule has 0 radical (unpaired) electrons. The minimum Gasteiger partial charge on any atom is -0.492 e. The van der Waals surface area contributed by atoms with E-state index in [-0.39, 0.29) is 25.6 Å². The summed E-state index contributed by atoms with van der Waals surface area (Å²) >= 11 is 5.81. The van der Waals surface area contributed by atoms with Crippen LogP contribution in [0, 0.1) is 0 Å². The lowest BCUT2D eigenvalue weighted by atomic mass is 9.92. The average Bonchev–Trinajstić information content (AvgIpc) is 3.20. The topological polar surface area (TPSA) is 87.7 Å². The van der Waals surface area contributed by atoms with Crippen molar-refractivity contribution in [2.45, 2.75) is 18.4 Å². The second-order valence-corrected chi connectivity index (χ2v) is 7.47. The number of hydrogen-bond donors (Lipinski definition) is 2. The number of hydrogen-bond acceptors (Lipinski definition) is 4. The van der Waals surface area contributed by atoms with Crippen molar-refractivity contribution in [1.29, 1.82) is 0 Å². The number of nitrogens with one attached hydrogen (secondary N) is 2. The number of ether oxygens (including phenoxy) is 1. The molecule has 1 saturated heterocycles. The van der Waals surface area contributed by atoms with Gasteiger partial charge in [-0.1, -0.05) is 35.9 Å². The number of aryl methyl sites for hydroxylation is 1. The first-order valence-corrected chi connectivity index (χ1v) is 9.75. The summed E-state index contributed by atoms with van der Waals surface area (Å²) in [5.74, 6) is -0.156. The summed E-state index contributed by atoms with van der Waals surface area (Å²) < 4.78 is 5.51. The number of carbonyl (C=O) groups is 3. The van der Waals surface area contributed by atoms with Gasteiger partial charge in [0.15, 0.2) is 0 Å². The molecule has 4 amide bonds. The van der Waals surface area contributed by atoms with Crippen molar-refractivity contribution in [3.63, 3.8) is 0 Å². The van der Waals surface area contributed by atoms with Crippen LogP contribution in [0.25, 0.3) is 0 Å². The van der Waals surface area contributed by atoms with E-state index >= 15 is 0 Å². The van der Waals surface area contributed by atoms with E-state index in [0.717, 1.165) is 16.0 Å². The lowest BCUT2D eigenvalue weighted by Gasteiger charge is -2.22. The van der Waals surface area contributed by atoms with Crippen molar-refractivity contribution in [3.8, 4) is 5.75 Å². The molecule has 1 fully saturated rings. The molecule has 29 heavy (non-hydrogen) atoms. The molecule has 2 aromatic carbocycles. The Balaban J connectivity index is 1.31. The molecule has 7 nitrogen and oxygen atoms in total. The number of carbonyl (C=O) groups excluding carboxylic acids is 3. The molecule has 0 aromatic heterocycles. The normalized spacial score (nSPS) is 20.0. The monoisotopic (exact) mass is 413 g/mol. The van der Waals surface area contributed by atoms with Gasteiger partial charge in [0.25, 0.3) is 5.91 Å². The van der Waals surface area contributed by atoms with Crippen molar-refractivity contribution in [3.05, 3.63) is 64.7 Å². The zero-order valence-electron chi connectivity index (χ0n) is 15.6. The fraction of sp³-hybridized carbons (Fsp3) is 0.286. The van der Waals surface area contributed by atoms with E-state index in [1.54, 1.807) is 24.3 Å². The van der Waals surface area contributed by atoms with Gasteiger partial charge in [-0.2, -0.15) is 0 Å².